The summed E-state index contributed by atoms with van der Waals surface area (Å²) in [6, 6.07) is 19.6. The number of hydrogen-bond acceptors (Lipinski definition) is 4. The van der Waals surface area contributed by atoms with Gasteiger partial charge in [-0.1, -0.05) is 17.7 Å². The van der Waals surface area contributed by atoms with Crippen LogP contribution in [0.4, 0.5) is 15.8 Å². The van der Waals surface area contributed by atoms with Gasteiger partial charge in [0.25, 0.3) is 15.9 Å². The molecule has 0 aliphatic heterocycles. The number of carbonyl (C=O) groups excluding carboxylic acids is 1. The van der Waals surface area contributed by atoms with Gasteiger partial charge in [0.15, 0.2) is 0 Å². The lowest BCUT2D eigenvalue weighted by Gasteiger charge is -2.23. The molecule has 0 atom stereocenters. The molecule has 0 saturated carbocycles. The highest BCUT2D eigenvalue weighted by atomic mass is 32.2. The number of fused-ring (bicyclic) bond motifs is 1. The summed E-state index contributed by atoms with van der Waals surface area (Å²) >= 11 is 1.33. The van der Waals surface area contributed by atoms with Crippen LogP contribution in [0, 0.1) is 12.7 Å². The summed E-state index contributed by atoms with van der Waals surface area (Å²) in [7, 11) is -2.08. The molecule has 0 fully saturated rings. The van der Waals surface area contributed by atoms with Crippen LogP contribution in [-0.2, 0) is 10.0 Å². The molecule has 1 amide bonds. The predicted molar refractivity (Wildman–Crippen MR) is 132 cm³/mol. The molecule has 0 bridgehead atoms. The highest BCUT2D eigenvalue weighted by molar-refractivity contribution is 7.92. The number of nitrogens with zero attached hydrogens (tertiary/aromatic N) is 2. The quantitative estimate of drug-likeness (QED) is 0.347. The van der Waals surface area contributed by atoms with Gasteiger partial charge in [0.1, 0.15) is 5.82 Å². The van der Waals surface area contributed by atoms with Gasteiger partial charge in [0.05, 0.1) is 15.5 Å². The largest absolute Gasteiger partial charge is 0.311 e. The van der Waals surface area contributed by atoms with Crippen molar-refractivity contribution in [3.05, 3.63) is 89.1 Å². The fraction of sp³-hybridized carbons (Fsp3) is 0.160. The number of halogens is 1. The zero-order chi connectivity index (χ0) is 23.8. The second-order valence-corrected chi connectivity index (χ2v) is 10.6. The Hall–Kier alpha value is -3.23. The van der Waals surface area contributed by atoms with Crippen LogP contribution >= 0.6 is 11.3 Å². The molecular formula is C25H23FN2O3S2. The predicted octanol–water partition coefficient (Wildman–Crippen LogP) is 5.84. The van der Waals surface area contributed by atoms with Gasteiger partial charge in [-0.2, -0.15) is 0 Å². The van der Waals surface area contributed by atoms with Gasteiger partial charge in [-0.15, -0.1) is 11.3 Å². The Morgan fingerprint density at radius 1 is 0.939 bits per heavy atom. The molecule has 0 spiro atoms. The van der Waals surface area contributed by atoms with Crippen LogP contribution < -0.4 is 9.21 Å². The first kappa shape index (κ1) is 22.9. The first-order chi connectivity index (χ1) is 15.7. The zero-order valence-electron chi connectivity index (χ0n) is 18.4. The van der Waals surface area contributed by atoms with Gasteiger partial charge in [0, 0.05) is 24.0 Å². The van der Waals surface area contributed by atoms with Gasteiger partial charge in [-0.3, -0.25) is 9.10 Å². The number of carbonyl (C=O) groups is 1. The van der Waals surface area contributed by atoms with Crippen molar-refractivity contribution in [3.63, 3.8) is 0 Å². The van der Waals surface area contributed by atoms with Crippen molar-refractivity contribution in [2.45, 2.75) is 18.7 Å². The molecule has 0 unspecified atom stereocenters. The second-order valence-electron chi connectivity index (χ2n) is 7.66. The van der Waals surface area contributed by atoms with Crippen molar-refractivity contribution in [2.75, 3.05) is 22.8 Å². The van der Waals surface area contributed by atoms with E-state index in [1.54, 1.807) is 68.6 Å². The molecule has 0 aliphatic carbocycles. The zero-order valence-corrected chi connectivity index (χ0v) is 20.1. The smallest absolute Gasteiger partial charge is 0.268 e. The summed E-state index contributed by atoms with van der Waals surface area (Å²) in [6.45, 7) is 3.96. The summed E-state index contributed by atoms with van der Waals surface area (Å²) < 4.78 is 41.9. The SMILES string of the molecule is CCN(c1ccc2sc(C(=O)N(C)c3ccc(F)cc3)cc2c1)S(=O)(=O)c1ccc(C)cc1. The number of rotatable bonds is 6. The van der Waals surface area contributed by atoms with E-state index in [-0.39, 0.29) is 23.2 Å². The molecule has 0 aliphatic rings. The van der Waals surface area contributed by atoms with Gasteiger partial charge < -0.3 is 4.90 Å². The molecule has 5 nitrogen and oxygen atoms in total. The monoisotopic (exact) mass is 482 g/mol. The van der Waals surface area contributed by atoms with Crippen LogP contribution in [0.5, 0.6) is 0 Å². The van der Waals surface area contributed by atoms with Crippen molar-refractivity contribution < 1.29 is 17.6 Å². The normalized spacial score (nSPS) is 11.5. The van der Waals surface area contributed by atoms with E-state index in [4.69, 9.17) is 0 Å². The van der Waals surface area contributed by atoms with E-state index in [1.807, 2.05) is 13.0 Å². The third-order valence-electron chi connectivity index (χ3n) is 5.41. The second kappa shape index (κ2) is 8.96. The highest BCUT2D eigenvalue weighted by Crippen LogP contribution is 2.33. The Bertz CT molecular complexity index is 1410. The highest BCUT2D eigenvalue weighted by Gasteiger charge is 2.24. The number of sulfonamides is 1. The van der Waals surface area contributed by atoms with Crippen molar-refractivity contribution in [3.8, 4) is 0 Å². The van der Waals surface area contributed by atoms with Gasteiger partial charge in [0.2, 0.25) is 0 Å². The Labute approximate surface area is 196 Å². The standard InChI is InChI=1S/C25H23FN2O3S2/c1-4-28(33(30,31)22-12-5-17(2)6-13-22)21-11-14-23-18(15-21)16-24(32-23)25(29)27(3)20-9-7-19(26)8-10-20/h5-16H,4H2,1-3H3. The molecule has 4 aromatic rings. The maximum absolute atomic E-state index is 13.2. The van der Waals surface area contributed by atoms with Crippen LogP contribution in [0.25, 0.3) is 10.1 Å². The van der Waals surface area contributed by atoms with E-state index in [2.05, 4.69) is 0 Å². The topological polar surface area (TPSA) is 57.7 Å². The van der Waals surface area contributed by atoms with Gasteiger partial charge in [-0.05, 0) is 79.9 Å². The number of thiophene rings is 1. The van der Waals surface area contributed by atoms with Crippen LogP contribution in [0.15, 0.2) is 77.7 Å². The van der Waals surface area contributed by atoms with Gasteiger partial charge >= 0.3 is 0 Å². The summed E-state index contributed by atoms with van der Waals surface area (Å²) in [5.74, 6) is -0.584. The summed E-state index contributed by atoms with van der Waals surface area (Å²) in [4.78, 5) is 15.2. The fourth-order valence-electron chi connectivity index (χ4n) is 3.57. The maximum Gasteiger partial charge on any atom is 0.268 e. The average molecular weight is 483 g/mol. The molecular weight excluding hydrogens is 459 g/mol. The number of aryl methyl sites for hydroxylation is 1. The minimum atomic E-state index is -3.72. The molecule has 0 saturated heterocycles. The minimum Gasteiger partial charge on any atom is -0.311 e. The number of hydrogen-bond donors (Lipinski definition) is 0. The first-order valence-electron chi connectivity index (χ1n) is 10.4. The van der Waals surface area contributed by atoms with Crippen LogP contribution in [0.2, 0.25) is 0 Å². The molecule has 1 heterocycles. The molecule has 1 aromatic heterocycles. The molecule has 0 N–H and O–H groups in total. The molecule has 33 heavy (non-hydrogen) atoms. The van der Waals surface area contributed by atoms with Crippen molar-refractivity contribution in [2.24, 2.45) is 0 Å². The first-order valence-corrected chi connectivity index (χ1v) is 12.6. The van der Waals surface area contributed by atoms with E-state index in [9.17, 15) is 17.6 Å². The van der Waals surface area contributed by atoms with E-state index >= 15 is 0 Å². The third kappa shape index (κ3) is 4.49. The Balaban J connectivity index is 1.66. The molecule has 0 radical (unpaired) electrons. The lowest BCUT2D eigenvalue weighted by molar-refractivity contribution is 0.0997. The number of anilines is 2. The number of amides is 1. The Kier molecular flexibility index (Phi) is 6.23. The van der Waals surface area contributed by atoms with Crippen molar-refractivity contribution in [1.82, 2.24) is 0 Å². The lowest BCUT2D eigenvalue weighted by atomic mass is 10.2. The van der Waals surface area contributed by atoms with Crippen molar-refractivity contribution in [1.29, 1.82) is 0 Å². The summed E-state index contributed by atoms with van der Waals surface area (Å²) in [6.07, 6.45) is 0. The summed E-state index contributed by atoms with van der Waals surface area (Å²) in [5, 5.41) is 0.783. The molecule has 3 aromatic carbocycles. The number of benzene rings is 3. The Morgan fingerprint density at radius 3 is 2.21 bits per heavy atom. The van der Waals surface area contributed by atoms with Gasteiger partial charge in [-0.25, -0.2) is 12.8 Å². The maximum atomic E-state index is 13.2. The van der Waals surface area contributed by atoms with Crippen LogP contribution in [-0.4, -0.2) is 27.9 Å². The third-order valence-corrected chi connectivity index (χ3v) is 8.43. The van der Waals surface area contributed by atoms with E-state index in [0.29, 0.717) is 16.3 Å². The minimum absolute atomic E-state index is 0.219. The average Bonchev–Trinajstić information content (AvgIpc) is 3.23. The van der Waals surface area contributed by atoms with Crippen LogP contribution in [0.1, 0.15) is 22.2 Å². The molecule has 8 heteroatoms. The van der Waals surface area contributed by atoms with E-state index < -0.39 is 10.0 Å². The summed E-state index contributed by atoms with van der Waals surface area (Å²) in [5.41, 5.74) is 2.11. The van der Waals surface area contributed by atoms with E-state index in [1.165, 1.54) is 32.7 Å². The Morgan fingerprint density at radius 2 is 1.58 bits per heavy atom. The molecule has 170 valence electrons. The lowest BCUT2D eigenvalue weighted by Crippen LogP contribution is -2.30. The molecule has 4 rings (SSSR count). The van der Waals surface area contributed by atoms with Crippen LogP contribution in [0.3, 0.4) is 0 Å². The van der Waals surface area contributed by atoms with Crippen molar-refractivity contribution >= 4 is 48.7 Å². The van der Waals surface area contributed by atoms with E-state index in [0.717, 1.165) is 15.6 Å². The fourth-order valence-corrected chi connectivity index (χ4v) is 6.05.